The van der Waals surface area contributed by atoms with Gasteiger partial charge in [-0.15, -0.1) is 6.42 Å². The van der Waals surface area contributed by atoms with E-state index in [1.807, 2.05) is 0 Å². The number of benzene rings is 1. The first kappa shape index (κ1) is 14.2. The second kappa shape index (κ2) is 5.67. The van der Waals surface area contributed by atoms with Crippen molar-refractivity contribution in [3.8, 4) is 12.3 Å². The molecule has 0 aliphatic heterocycles. The quantitative estimate of drug-likeness (QED) is 0.596. The summed E-state index contributed by atoms with van der Waals surface area (Å²) in [5.74, 6) is 1.53. The third-order valence-corrected chi connectivity index (χ3v) is 4.16. The van der Waals surface area contributed by atoms with E-state index in [1.165, 1.54) is 32.4 Å². The Hall–Kier alpha value is -1.84. The standard InChI is InChI=1S/C12H13NO4S/c1-4-9-13(2)18(15,16)11-8-6-5-7-10(11)12(14)17-3/h1,5-8H,9H2,2-3H3. The highest BCUT2D eigenvalue weighted by atomic mass is 32.2. The van der Waals surface area contributed by atoms with Gasteiger partial charge in [-0.25, -0.2) is 13.2 Å². The smallest absolute Gasteiger partial charge is 0.339 e. The zero-order valence-corrected chi connectivity index (χ0v) is 10.9. The van der Waals surface area contributed by atoms with Crippen molar-refractivity contribution in [2.75, 3.05) is 20.7 Å². The number of nitrogens with zero attached hydrogens (tertiary/aromatic N) is 1. The van der Waals surface area contributed by atoms with Crippen LogP contribution in [-0.4, -0.2) is 39.4 Å². The van der Waals surface area contributed by atoms with Crippen molar-refractivity contribution in [2.24, 2.45) is 0 Å². The molecule has 0 atom stereocenters. The lowest BCUT2D eigenvalue weighted by Gasteiger charge is -2.16. The maximum atomic E-state index is 12.2. The Bertz CT molecular complexity index is 586. The average Bonchev–Trinajstić information content (AvgIpc) is 2.38. The Balaban J connectivity index is 3.34. The molecule has 0 heterocycles. The Labute approximate surface area is 106 Å². The van der Waals surface area contributed by atoms with E-state index in [4.69, 9.17) is 6.42 Å². The number of hydrogen-bond donors (Lipinski definition) is 0. The van der Waals surface area contributed by atoms with Gasteiger partial charge in [-0.2, -0.15) is 4.31 Å². The van der Waals surface area contributed by atoms with E-state index in [9.17, 15) is 13.2 Å². The number of ether oxygens (including phenoxy) is 1. The number of rotatable bonds is 4. The molecule has 0 fully saturated rings. The van der Waals surface area contributed by atoms with Gasteiger partial charge >= 0.3 is 5.97 Å². The van der Waals surface area contributed by atoms with Crippen molar-refractivity contribution in [3.05, 3.63) is 29.8 Å². The lowest BCUT2D eigenvalue weighted by Crippen LogP contribution is -2.28. The van der Waals surface area contributed by atoms with E-state index < -0.39 is 16.0 Å². The summed E-state index contributed by atoms with van der Waals surface area (Å²) in [4.78, 5) is 11.4. The summed E-state index contributed by atoms with van der Waals surface area (Å²) in [5, 5.41) is 0. The van der Waals surface area contributed by atoms with Gasteiger partial charge in [0, 0.05) is 7.05 Å². The number of carbonyl (C=O) groups excluding carboxylic acids is 1. The van der Waals surface area contributed by atoms with Crippen LogP contribution in [0, 0.1) is 12.3 Å². The van der Waals surface area contributed by atoms with Crippen LogP contribution in [0.4, 0.5) is 0 Å². The fourth-order valence-corrected chi connectivity index (χ4v) is 2.61. The number of sulfonamides is 1. The summed E-state index contributed by atoms with van der Waals surface area (Å²) in [7, 11) is -1.26. The number of hydrogen-bond acceptors (Lipinski definition) is 4. The highest BCUT2D eigenvalue weighted by molar-refractivity contribution is 7.89. The molecule has 0 amide bonds. The molecule has 0 aliphatic rings. The van der Waals surface area contributed by atoms with Gasteiger partial charge in [0.05, 0.1) is 24.1 Å². The minimum absolute atomic E-state index is 0.0103. The van der Waals surface area contributed by atoms with Crippen molar-refractivity contribution >= 4 is 16.0 Å². The molecule has 0 spiro atoms. The molecule has 1 aromatic rings. The first-order chi connectivity index (χ1) is 8.45. The number of methoxy groups -OCH3 is 1. The maximum absolute atomic E-state index is 12.2. The summed E-state index contributed by atoms with van der Waals surface area (Å²) in [5.41, 5.74) is -0.0103. The molecule has 18 heavy (non-hydrogen) atoms. The normalized spacial score (nSPS) is 11.0. The van der Waals surface area contributed by atoms with E-state index in [2.05, 4.69) is 10.7 Å². The van der Waals surface area contributed by atoms with Gasteiger partial charge in [-0.1, -0.05) is 18.1 Å². The summed E-state index contributed by atoms with van der Waals surface area (Å²) >= 11 is 0. The SMILES string of the molecule is C#CCN(C)S(=O)(=O)c1ccccc1C(=O)OC. The second-order valence-electron chi connectivity index (χ2n) is 3.45. The van der Waals surface area contributed by atoms with E-state index >= 15 is 0 Å². The molecule has 0 radical (unpaired) electrons. The first-order valence-electron chi connectivity index (χ1n) is 5.02. The summed E-state index contributed by atoms with van der Waals surface area (Å²) in [6.07, 6.45) is 5.08. The zero-order chi connectivity index (χ0) is 13.8. The van der Waals surface area contributed by atoms with Gasteiger partial charge < -0.3 is 4.74 Å². The molecule has 0 aliphatic carbocycles. The molecule has 0 bridgehead atoms. The third-order valence-electron chi connectivity index (χ3n) is 2.29. The Morgan fingerprint density at radius 3 is 2.61 bits per heavy atom. The Morgan fingerprint density at radius 1 is 1.44 bits per heavy atom. The molecule has 5 nitrogen and oxygen atoms in total. The second-order valence-corrected chi connectivity index (χ2v) is 5.47. The summed E-state index contributed by atoms with van der Waals surface area (Å²) < 4.78 is 29.9. The van der Waals surface area contributed by atoms with Crippen LogP contribution in [0.5, 0.6) is 0 Å². The van der Waals surface area contributed by atoms with Crippen LogP contribution >= 0.6 is 0 Å². The van der Waals surface area contributed by atoms with Gasteiger partial charge in [0.15, 0.2) is 0 Å². The van der Waals surface area contributed by atoms with Crippen LogP contribution in [0.15, 0.2) is 29.2 Å². The Morgan fingerprint density at radius 2 is 2.06 bits per heavy atom. The zero-order valence-electron chi connectivity index (χ0n) is 10.1. The molecule has 1 rings (SSSR count). The van der Waals surface area contributed by atoms with E-state index in [0.717, 1.165) is 4.31 Å². The fraction of sp³-hybridized carbons (Fsp3) is 0.250. The van der Waals surface area contributed by atoms with E-state index in [0.29, 0.717) is 0 Å². The van der Waals surface area contributed by atoms with Gasteiger partial charge in [0.2, 0.25) is 10.0 Å². The van der Waals surface area contributed by atoms with Crippen molar-refractivity contribution in [1.29, 1.82) is 0 Å². The molecular weight excluding hydrogens is 254 g/mol. The van der Waals surface area contributed by atoms with Gasteiger partial charge in [-0.3, -0.25) is 0 Å². The molecule has 0 N–H and O–H groups in total. The number of carbonyl (C=O) groups is 1. The van der Waals surface area contributed by atoms with Gasteiger partial charge in [0.25, 0.3) is 0 Å². The third kappa shape index (κ3) is 2.70. The number of terminal acetylenes is 1. The van der Waals surface area contributed by atoms with Crippen molar-refractivity contribution in [1.82, 2.24) is 4.31 Å². The number of esters is 1. The summed E-state index contributed by atoms with van der Waals surface area (Å²) in [6, 6.07) is 5.83. The van der Waals surface area contributed by atoms with Crippen LogP contribution < -0.4 is 0 Å². The largest absolute Gasteiger partial charge is 0.465 e. The minimum atomic E-state index is -3.80. The van der Waals surface area contributed by atoms with Crippen molar-refractivity contribution in [3.63, 3.8) is 0 Å². The topological polar surface area (TPSA) is 63.7 Å². The van der Waals surface area contributed by atoms with Crippen LogP contribution in [0.2, 0.25) is 0 Å². The molecule has 1 aromatic carbocycles. The monoisotopic (exact) mass is 267 g/mol. The van der Waals surface area contributed by atoms with Crippen molar-refractivity contribution in [2.45, 2.75) is 4.90 Å². The molecule has 6 heteroatoms. The Kier molecular flexibility index (Phi) is 4.48. The predicted molar refractivity (Wildman–Crippen MR) is 66.4 cm³/mol. The van der Waals surface area contributed by atoms with E-state index in [-0.39, 0.29) is 17.0 Å². The fourth-order valence-electron chi connectivity index (χ4n) is 1.35. The van der Waals surface area contributed by atoms with Crippen LogP contribution in [0.1, 0.15) is 10.4 Å². The summed E-state index contributed by atoms with van der Waals surface area (Å²) in [6.45, 7) is -0.0716. The van der Waals surface area contributed by atoms with Crippen LogP contribution in [0.3, 0.4) is 0 Å². The molecule has 0 saturated heterocycles. The van der Waals surface area contributed by atoms with Gasteiger partial charge in [-0.05, 0) is 12.1 Å². The minimum Gasteiger partial charge on any atom is -0.465 e. The van der Waals surface area contributed by atoms with Crippen LogP contribution in [0.25, 0.3) is 0 Å². The van der Waals surface area contributed by atoms with E-state index in [1.54, 1.807) is 6.07 Å². The molecule has 0 unspecified atom stereocenters. The molecule has 0 aromatic heterocycles. The van der Waals surface area contributed by atoms with Gasteiger partial charge in [0.1, 0.15) is 0 Å². The predicted octanol–water partition coefficient (Wildman–Crippen LogP) is 0.727. The molecule has 96 valence electrons. The lowest BCUT2D eigenvalue weighted by molar-refractivity contribution is 0.0596. The van der Waals surface area contributed by atoms with Crippen LogP contribution in [-0.2, 0) is 14.8 Å². The molecular formula is C12H13NO4S. The maximum Gasteiger partial charge on any atom is 0.339 e. The van der Waals surface area contributed by atoms with Crippen molar-refractivity contribution < 1.29 is 17.9 Å². The molecule has 0 saturated carbocycles. The highest BCUT2D eigenvalue weighted by Crippen LogP contribution is 2.19. The highest BCUT2D eigenvalue weighted by Gasteiger charge is 2.26. The first-order valence-corrected chi connectivity index (χ1v) is 6.46. The lowest BCUT2D eigenvalue weighted by atomic mass is 10.2. The average molecular weight is 267 g/mol.